The number of carbonyl (C=O) groups is 1. The van der Waals surface area contributed by atoms with Crippen LogP contribution >= 0.6 is 11.6 Å². The van der Waals surface area contributed by atoms with E-state index in [0.29, 0.717) is 12.8 Å². The topological polar surface area (TPSA) is 98.5 Å². The van der Waals surface area contributed by atoms with Gasteiger partial charge < -0.3 is 15.8 Å². The lowest BCUT2D eigenvalue weighted by Crippen LogP contribution is -2.26. The third-order valence-electron chi connectivity index (χ3n) is 5.01. The number of amides is 1. The summed E-state index contributed by atoms with van der Waals surface area (Å²) in [5.41, 5.74) is 5.71. The van der Waals surface area contributed by atoms with Crippen LogP contribution in [0.5, 0.6) is 5.75 Å². The lowest BCUT2D eigenvalue weighted by Gasteiger charge is -2.16. The molecule has 2 aromatic rings. The van der Waals surface area contributed by atoms with Crippen LogP contribution in [0.4, 0.5) is 18.9 Å². The molecular formula is C20H20ClF3N2O4S. The molecule has 1 aliphatic rings. The number of nitrogen functional groups attached to an aromatic ring is 1. The number of rotatable bonds is 6. The van der Waals surface area contributed by atoms with Gasteiger partial charge in [0.05, 0.1) is 15.7 Å². The summed E-state index contributed by atoms with van der Waals surface area (Å²) in [5, 5.41) is 2.29. The predicted octanol–water partition coefficient (Wildman–Crippen LogP) is 4.47. The zero-order valence-corrected chi connectivity index (χ0v) is 17.8. The molecule has 6 nitrogen and oxygen atoms in total. The molecule has 0 saturated heterocycles. The molecule has 3 N–H and O–H groups in total. The third kappa shape index (κ3) is 5.62. The van der Waals surface area contributed by atoms with Gasteiger partial charge in [0.25, 0.3) is 5.91 Å². The van der Waals surface area contributed by atoms with Crippen LogP contribution in [-0.4, -0.2) is 25.9 Å². The Hall–Kier alpha value is -2.46. The van der Waals surface area contributed by atoms with Crippen LogP contribution in [0.1, 0.15) is 41.6 Å². The number of anilines is 1. The molecule has 1 fully saturated rings. The van der Waals surface area contributed by atoms with Crippen molar-refractivity contribution in [2.24, 2.45) is 0 Å². The Morgan fingerprint density at radius 3 is 2.48 bits per heavy atom. The Morgan fingerprint density at radius 1 is 1.16 bits per heavy atom. The molecule has 0 heterocycles. The standard InChI is InChI=1S/C20H20ClF3N2O4S/c21-13-5-8-18(31(28,29)15-3-1-2-4-15)12(9-13)11-26-19(27)16-10-14(6-7-17(16)25)30-20(22,23)24/h5-10,15H,1-4,11,25H2,(H,26,27). The van der Waals surface area contributed by atoms with Gasteiger partial charge in [-0.1, -0.05) is 24.4 Å². The lowest BCUT2D eigenvalue weighted by molar-refractivity contribution is -0.274. The molecule has 0 aliphatic heterocycles. The van der Waals surface area contributed by atoms with E-state index >= 15 is 0 Å². The second-order valence-electron chi connectivity index (χ2n) is 7.18. The highest BCUT2D eigenvalue weighted by molar-refractivity contribution is 7.92. The highest BCUT2D eigenvalue weighted by Crippen LogP contribution is 2.32. The number of halogens is 4. The number of ether oxygens (including phenoxy) is 1. The van der Waals surface area contributed by atoms with Crippen LogP contribution in [-0.2, 0) is 16.4 Å². The van der Waals surface area contributed by atoms with Crippen molar-refractivity contribution in [3.05, 3.63) is 52.5 Å². The van der Waals surface area contributed by atoms with Crippen molar-refractivity contribution in [2.75, 3.05) is 5.73 Å². The molecule has 0 unspecified atom stereocenters. The van der Waals surface area contributed by atoms with Gasteiger partial charge in [-0.3, -0.25) is 4.79 Å². The van der Waals surface area contributed by atoms with Crippen molar-refractivity contribution >= 4 is 33.0 Å². The molecule has 11 heteroatoms. The number of carbonyl (C=O) groups excluding carboxylic acids is 1. The van der Waals surface area contributed by atoms with Crippen molar-refractivity contribution in [1.29, 1.82) is 0 Å². The summed E-state index contributed by atoms with van der Waals surface area (Å²) in [6, 6.07) is 7.28. The van der Waals surface area contributed by atoms with Gasteiger partial charge in [-0.25, -0.2) is 8.42 Å². The smallest absolute Gasteiger partial charge is 0.406 e. The van der Waals surface area contributed by atoms with Gasteiger partial charge in [-0.05, 0) is 54.8 Å². The Bertz CT molecular complexity index is 1080. The highest BCUT2D eigenvalue weighted by atomic mass is 35.5. The summed E-state index contributed by atoms with van der Waals surface area (Å²) in [4.78, 5) is 12.6. The van der Waals surface area contributed by atoms with Gasteiger partial charge in [0, 0.05) is 17.3 Å². The van der Waals surface area contributed by atoms with Gasteiger partial charge in [0.2, 0.25) is 0 Å². The van der Waals surface area contributed by atoms with Crippen LogP contribution in [0.3, 0.4) is 0 Å². The minimum absolute atomic E-state index is 0.0584. The van der Waals surface area contributed by atoms with Gasteiger partial charge in [-0.15, -0.1) is 13.2 Å². The van der Waals surface area contributed by atoms with E-state index in [0.717, 1.165) is 31.0 Å². The molecule has 0 radical (unpaired) electrons. The van der Waals surface area contributed by atoms with E-state index in [1.54, 1.807) is 0 Å². The summed E-state index contributed by atoms with van der Waals surface area (Å²) >= 11 is 6.02. The largest absolute Gasteiger partial charge is 0.573 e. The van der Waals surface area contributed by atoms with Crippen LogP contribution < -0.4 is 15.8 Å². The van der Waals surface area contributed by atoms with Gasteiger partial charge in [0.15, 0.2) is 9.84 Å². The van der Waals surface area contributed by atoms with Gasteiger partial charge >= 0.3 is 6.36 Å². The normalized spacial score (nSPS) is 15.1. The van der Waals surface area contributed by atoms with E-state index in [2.05, 4.69) is 10.1 Å². The molecule has 1 aliphatic carbocycles. The molecule has 168 valence electrons. The van der Waals surface area contributed by atoms with Crippen molar-refractivity contribution in [3.63, 3.8) is 0 Å². The monoisotopic (exact) mass is 476 g/mol. The predicted molar refractivity (Wildman–Crippen MR) is 110 cm³/mol. The maximum atomic E-state index is 13.0. The van der Waals surface area contributed by atoms with Crippen molar-refractivity contribution in [2.45, 2.75) is 48.7 Å². The summed E-state index contributed by atoms with van der Waals surface area (Å²) in [6.07, 6.45) is -2.12. The van der Waals surface area contributed by atoms with Crippen LogP contribution in [0.25, 0.3) is 0 Å². The molecular weight excluding hydrogens is 457 g/mol. The highest BCUT2D eigenvalue weighted by Gasteiger charge is 2.33. The van der Waals surface area contributed by atoms with Crippen molar-refractivity contribution < 1.29 is 31.1 Å². The Labute approximate surface area is 182 Å². The number of sulfone groups is 1. The number of alkyl halides is 3. The maximum Gasteiger partial charge on any atom is 0.573 e. The van der Waals surface area contributed by atoms with Crippen LogP contribution in [0.2, 0.25) is 5.02 Å². The first kappa shape index (κ1) is 23.2. The Balaban J connectivity index is 1.82. The molecule has 1 saturated carbocycles. The quantitative estimate of drug-likeness (QED) is 0.599. The van der Waals surface area contributed by atoms with Gasteiger partial charge in [0.1, 0.15) is 5.75 Å². The Morgan fingerprint density at radius 2 is 1.84 bits per heavy atom. The summed E-state index contributed by atoms with van der Waals surface area (Å²) in [5.74, 6) is -1.38. The average Bonchev–Trinajstić information content (AvgIpc) is 3.22. The number of nitrogens with one attached hydrogen (secondary N) is 1. The molecule has 0 bridgehead atoms. The molecule has 0 atom stereocenters. The second-order valence-corrected chi connectivity index (χ2v) is 9.82. The Kier molecular flexibility index (Phi) is 6.70. The second kappa shape index (κ2) is 8.96. The first-order valence-electron chi connectivity index (χ1n) is 9.43. The fourth-order valence-electron chi connectivity index (χ4n) is 3.54. The summed E-state index contributed by atoms with van der Waals surface area (Å²) in [7, 11) is -3.61. The fourth-order valence-corrected chi connectivity index (χ4v) is 5.80. The average molecular weight is 477 g/mol. The molecule has 0 aromatic heterocycles. The molecule has 0 spiro atoms. The van der Waals surface area contributed by atoms with E-state index in [4.69, 9.17) is 17.3 Å². The maximum absolute atomic E-state index is 13.0. The molecule has 1 amide bonds. The zero-order chi connectivity index (χ0) is 22.8. The molecule has 2 aromatic carbocycles. The van der Waals surface area contributed by atoms with Crippen molar-refractivity contribution in [1.82, 2.24) is 5.32 Å². The fraction of sp³-hybridized carbons (Fsp3) is 0.350. The van der Waals surface area contributed by atoms with Crippen LogP contribution in [0.15, 0.2) is 41.3 Å². The first-order chi connectivity index (χ1) is 14.5. The number of nitrogens with two attached hydrogens (primary N) is 1. The summed E-state index contributed by atoms with van der Waals surface area (Å²) < 4.78 is 67.2. The zero-order valence-electron chi connectivity index (χ0n) is 16.2. The number of benzene rings is 2. The number of hydrogen-bond donors (Lipinski definition) is 2. The van der Waals surface area contributed by atoms with E-state index in [1.165, 1.54) is 18.2 Å². The van der Waals surface area contributed by atoms with Crippen molar-refractivity contribution in [3.8, 4) is 5.75 Å². The summed E-state index contributed by atoms with van der Waals surface area (Å²) in [6.45, 7) is -0.204. The lowest BCUT2D eigenvalue weighted by atomic mass is 10.1. The number of hydrogen-bond acceptors (Lipinski definition) is 5. The van der Waals surface area contributed by atoms with E-state index < -0.39 is 33.1 Å². The molecule has 31 heavy (non-hydrogen) atoms. The molecule has 3 rings (SSSR count). The van der Waals surface area contributed by atoms with Crippen LogP contribution in [0, 0.1) is 0 Å². The SMILES string of the molecule is Nc1ccc(OC(F)(F)F)cc1C(=O)NCc1cc(Cl)ccc1S(=O)(=O)C1CCCC1. The van der Waals surface area contributed by atoms with E-state index in [9.17, 15) is 26.4 Å². The minimum Gasteiger partial charge on any atom is -0.406 e. The minimum atomic E-state index is -4.92. The van der Waals surface area contributed by atoms with Gasteiger partial charge in [-0.2, -0.15) is 0 Å². The van der Waals surface area contributed by atoms with E-state index in [1.807, 2.05) is 0 Å². The van der Waals surface area contributed by atoms with E-state index in [-0.39, 0.29) is 33.3 Å². The third-order valence-corrected chi connectivity index (χ3v) is 7.61. The first-order valence-corrected chi connectivity index (χ1v) is 11.4.